The van der Waals surface area contributed by atoms with E-state index in [0.29, 0.717) is 16.8 Å². The lowest BCUT2D eigenvalue weighted by Gasteiger charge is -2.14. The van der Waals surface area contributed by atoms with Crippen LogP contribution >= 0.6 is 0 Å². The van der Waals surface area contributed by atoms with Crippen LogP contribution in [0, 0.1) is 11.6 Å². The highest BCUT2D eigenvalue weighted by Gasteiger charge is 2.28. The van der Waals surface area contributed by atoms with E-state index in [0.717, 1.165) is 36.3 Å². The van der Waals surface area contributed by atoms with Gasteiger partial charge < -0.3 is 19.5 Å². The fourth-order valence-corrected chi connectivity index (χ4v) is 3.91. The zero-order valence-electron chi connectivity index (χ0n) is 19.0. The number of methoxy groups -OCH3 is 2. The molecule has 2 aromatic heterocycles. The van der Waals surface area contributed by atoms with Gasteiger partial charge in [-0.25, -0.2) is 8.78 Å². The Morgan fingerprint density at radius 2 is 1.69 bits per heavy atom. The van der Waals surface area contributed by atoms with Crippen LogP contribution in [-0.4, -0.2) is 30.1 Å². The number of halogens is 2. The maximum Gasteiger partial charge on any atom is 0.261 e. The maximum atomic E-state index is 14.9. The summed E-state index contributed by atoms with van der Waals surface area (Å²) in [6.45, 7) is 0. The number of carbonyl (C=O) groups excluding carboxylic acids is 1. The summed E-state index contributed by atoms with van der Waals surface area (Å²) in [5.41, 5.74) is 1.64. The molecule has 9 heteroatoms. The molecule has 0 saturated heterocycles. The van der Waals surface area contributed by atoms with E-state index in [1.54, 1.807) is 19.2 Å². The summed E-state index contributed by atoms with van der Waals surface area (Å²) < 4.78 is 46.2. The highest BCUT2D eigenvalue weighted by molar-refractivity contribution is 6.06. The normalized spacial score (nSPS) is 12.9. The van der Waals surface area contributed by atoms with Crippen molar-refractivity contribution in [1.29, 1.82) is 0 Å². The van der Waals surface area contributed by atoms with Crippen molar-refractivity contribution in [1.82, 2.24) is 9.97 Å². The van der Waals surface area contributed by atoms with E-state index in [1.807, 2.05) is 6.07 Å². The van der Waals surface area contributed by atoms with Crippen LogP contribution in [0.4, 0.5) is 14.5 Å². The minimum Gasteiger partial charge on any atom is -0.496 e. The topological polar surface area (TPSA) is 82.6 Å². The van der Waals surface area contributed by atoms with Crippen molar-refractivity contribution < 1.29 is 27.8 Å². The number of amides is 1. The highest BCUT2D eigenvalue weighted by atomic mass is 19.1. The van der Waals surface area contributed by atoms with E-state index in [-0.39, 0.29) is 22.7 Å². The predicted octanol–water partition coefficient (Wildman–Crippen LogP) is 5.85. The number of anilines is 1. The first-order valence-electron chi connectivity index (χ1n) is 10.9. The van der Waals surface area contributed by atoms with E-state index < -0.39 is 23.3 Å². The fraction of sp³-hybridized carbons (Fsp3) is 0.192. The molecule has 1 aliphatic rings. The van der Waals surface area contributed by atoms with E-state index in [1.165, 1.54) is 31.8 Å². The number of nitrogens with one attached hydrogen (secondary N) is 1. The SMILES string of the molecule is COc1ccncc1C(=O)Nc1cc(F)c(Oc2ccnc3cc(OC)c(C4CC4)cc23)c(F)c1. The van der Waals surface area contributed by atoms with Crippen LogP contribution in [0.5, 0.6) is 23.0 Å². The summed E-state index contributed by atoms with van der Waals surface area (Å²) in [4.78, 5) is 20.8. The summed E-state index contributed by atoms with van der Waals surface area (Å²) in [5, 5.41) is 3.08. The van der Waals surface area contributed by atoms with Crippen LogP contribution < -0.4 is 19.5 Å². The van der Waals surface area contributed by atoms with E-state index in [9.17, 15) is 13.6 Å². The van der Waals surface area contributed by atoms with Crippen molar-refractivity contribution >= 4 is 22.5 Å². The molecule has 0 radical (unpaired) electrons. The summed E-state index contributed by atoms with van der Waals surface area (Å²) >= 11 is 0. The molecule has 1 saturated carbocycles. The van der Waals surface area contributed by atoms with Gasteiger partial charge in [0.25, 0.3) is 5.91 Å². The third kappa shape index (κ3) is 4.44. The van der Waals surface area contributed by atoms with Gasteiger partial charge in [-0.2, -0.15) is 0 Å². The molecule has 0 unspecified atom stereocenters. The summed E-state index contributed by atoms with van der Waals surface area (Å²) in [5.74, 6) is -1.50. The molecule has 5 rings (SSSR count). The standard InChI is InChI=1S/C26H21F2N3O4/c1-33-22-5-7-29-13-18(22)26(32)31-15-9-19(27)25(20(28)10-15)35-23-6-8-30-21-12-24(34-2)16(11-17(21)23)14-3-4-14/h5-14H,3-4H2,1-2H3,(H,31,32). The Labute approximate surface area is 199 Å². The first-order valence-corrected chi connectivity index (χ1v) is 10.9. The van der Waals surface area contributed by atoms with Gasteiger partial charge in [0.05, 0.1) is 25.3 Å². The molecule has 2 aromatic carbocycles. The molecule has 1 aliphatic carbocycles. The Morgan fingerprint density at radius 1 is 0.971 bits per heavy atom. The van der Waals surface area contributed by atoms with Gasteiger partial charge in [-0.15, -0.1) is 0 Å². The molecular formula is C26H21F2N3O4. The minimum atomic E-state index is -0.973. The second kappa shape index (κ2) is 9.17. The lowest BCUT2D eigenvalue weighted by atomic mass is 10.1. The van der Waals surface area contributed by atoms with Crippen molar-refractivity contribution in [2.45, 2.75) is 18.8 Å². The molecule has 1 amide bonds. The highest BCUT2D eigenvalue weighted by Crippen LogP contribution is 2.46. The number of ether oxygens (including phenoxy) is 3. The van der Waals surface area contributed by atoms with Gasteiger partial charge in [-0.1, -0.05) is 0 Å². The molecule has 1 N–H and O–H groups in total. The minimum absolute atomic E-state index is 0.0800. The third-order valence-electron chi connectivity index (χ3n) is 5.78. The van der Waals surface area contributed by atoms with E-state index in [4.69, 9.17) is 14.2 Å². The van der Waals surface area contributed by atoms with Gasteiger partial charge in [0.2, 0.25) is 0 Å². The predicted molar refractivity (Wildman–Crippen MR) is 125 cm³/mol. The first kappa shape index (κ1) is 22.5. The van der Waals surface area contributed by atoms with Crippen molar-refractivity contribution in [3.05, 3.63) is 77.8 Å². The van der Waals surface area contributed by atoms with Gasteiger partial charge in [-0.05, 0) is 42.5 Å². The zero-order valence-corrected chi connectivity index (χ0v) is 19.0. The number of carbonyl (C=O) groups is 1. The van der Waals surface area contributed by atoms with Gasteiger partial charge in [-0.3, -0.25) is 14.8 Å². The third-order valence-corrected chi connectivity index (χ3v) is 5.78. The number of aromatic nitrogens is 2. The largest absolute Gasteiger partial charge is 0.496 e. The zero-order chi connectivity index (χ0) is 24.5. The van der Waals surface area contributed by atoms with Crippen molar-refractivity contribution in [2.24, 2.45) is 0 Å². The second-order valence-electron chi connectivity index (χ2n) is 8.10. The number of nitrogens with zero attached hydrogens (tertiary/aromatic N) is 2. The van der Waals surface area contributed by atoms with Crippen LogP contribution in [0.2, 0.25) is 0 Å². The molecule has 7 nitrogen and oxygen atoms in total. The quantitative estimate of drug-likeness (QED) is 0.360. The summed E-state index contributed by atoms with van der Waals surface area (Å²) in [6.07, 6.45) is 6.38. The fourth-order valence-electron chi connectivity index (χ4n) is 3.91. The molecule has 0 bridgehead atoms. The van der Waals surface area contributed by atoms with Crippen molar-refractivity contribution in [3.63, 3.8) is 0 Å². The summed E-state index contributed by atoms with van der Waals surface area (Å²) in [6, 6.07) is 8.74. The summed E-state index contributed by atoms with van der Waals surface area (Å²) in [7, 11) is 3.01. The van der Waals surface area contributed by atoms with Gasteiger partial charge >= 0.3 is 0 Å². The molecule has 4 aromatic rings. The Hall–Kier alpha value is -4.27. The Bertz CT molecular complexity index is 1420. The lowest BCUT2D eigenvalue weighted by Crippen LogP contribution is -2.14. The van der Waals surface area contributed by atoms with Crippen LogP contribution in [-0.2, 0) is 0 Å². The number of pyridine rings is 2. The number of rotatable bonds is 7. The Morgan fingerprint density at radius 3 is 2.37 bits per heavy atom. The number of benzene rings is 2. The van der Waals surface area contributed by atoms with E-state index >= 15 is 0 Å². The van der Waals surface area contributed by atoms with Crippen LogP contribution in [0.3, 0.4) is 0 Å². The molecule has 2 heterocycles. The van der Waals surface area contributed by atoms with Crippen LogP contribution in [0.1, 0.15) is 34.7 Å². The molecule has 1 fully saturated rings. The van der Waals surface area contributed by atoms with Gasteiger partial charge in [0.15, 0.2) is 17.4 Å². The van der Waals surface area contributed by atoms with Gasteiger partial charge in [0, 0.05) is 47.9 Å². The number of fused-ring (bicyclic) bond motifs is 1. The van der Waals surface area contributed by atoms with Crippen LogP contribution in [0.15, 0.2) is 55.0 Å². The first-order chi connectivity index (χ1) is 17.0. The smallest absolute Gasteiger partial charge is 0.261 e. The maximum absolute atomic E-state index is 14.9. The molecular weight excluding hydrogens is 456 g/mol. The van der Waals surface area contributed by atoms with Crippen molar-refractivity contribution in [2.75, 3.05) is 19.5 Å². The molecule has 0 atom stereocenters. The Kier molecular flexibility index (Phi) is 5.90. The van der Waals surface area contributed by atoms with Crippen LogP contribution in [0.25, 0.3) is 10.9 Å². The molecule has 178 valence electrons. The van der Waals surface area contributed by atoms with E-state index in [2.05, 4.69) is 15.3 Å². The molecule has 35 heavy (non-hydrogen) atoms. The average molecular weight is 477 g/mol. The average Bonchev–Trinajstić information content (AvgIpc) is 3.71. The lowest BCUT2D eigenvalue weighted by molar-refractivity contribution is 0.102. The number of hydrogen-bond donors (Lipinski definition) is 1. The Balaban J connectivity index is 1.45. The molecule has 0 aliphatic heterocycles. The van der Waals surface area contributed by atoms with Crippen molar-refractivity contribution in [3.8, 4) is 23.0 Å². The van der Waals surface area contributed by atoms with Gasteiger partial charge in [0.1, 0.15) is 17.2 Å². The second-order valence-corrected chi connectivity index (χ2v) is 8.10. The number of hydrogen-bond acceptors (Lipinski definition) is 6. The molecule has 0 spiro atoms. The monoisotopic (exact) mass is 477 g/mol.